The van der Waals surface area contributed by atoms with E-state index in [1.807, 2.05) is 24.3 Å². The van der Waals surface area contributed by atoms with Gasteiger partial charge in [0, 0.05) is 31.2 Å². The molecule has 0 unspecified atom stereocenters. The number of carbonyl (C=O) groups is 1. The van der Waals surface area contributed by atoms with Crippen molar-refractivity contribution < 1.29 is 9.90 Å². The van der Waals surface area contributed by atoms with Crippen molar-refractivity contribution >= 4 is 5.91 Å². The van der Waals surface area contributed by atoms with E-state index >= 15 is 0 Å². The van der Waals surface area contributed by atoms with Crippen LogP contribution in [0.3, 0.4) is 0 Å². The molecule has 0 aromatic heterocycles. The van der Waals surface area contributed by atoms with Gasteiger partial charge in [-0.2, -0.15) is 5.26 Å². The van der Waals surface area contributed by atoms with Gasteiger partial charge in [-0.25, -0.2) is 0 Å². The Hall–Kier alpha value is -2.68. The largest absolute Gasteiger partial charge is 0.392 e. The minimum absolute atomic E-state index is 0.109. The average Bonchev–Trinajstić information content (AvgIpc) is 3.00. The lowest BCUT2D eigenvalue weighted by Gasteiger charge is -2.24. The van der Waals surface area contributed by atoms with Crippen molar-refractivity contribution in [2.24, 2.45) is 0 Å². The third kappa shape index (κ3) is 4.44. The molecule has 0 spiro atoms. The number of nitrogens with zero attached hydrogens (tertiary/aromatic N) is 2. The van der Waals surface area contributed by atoms with Gasteiger partial charge in [0.05, 0.1) is 17.7 Å². The highest BCUT2D eigenvalue weighted by molar-refractivity contribution is 5.94. The zero-order chi connectivity index (χ0) is 17.6. The van der Waals surface area contributed by atoms with Gasteiger partial charge in [-0.15, -0.1) is 0 Å². The topological polar surface area (TPSA) is 76.4 Å². The number of carbonyl (C=O) groups excluding carboxylic acids is 1. The lowest BCUT2D eigenvalue weighted by Crippen LogP contribution is -2.39. The minimum Gasteiger partial charge on any atom is -0.392 e. The number of hydrogen-bond donors (Lipinski definition) is 2. The molecule has 1 amide bonds. The van der Waals surface area contributed by atoms with E-state index in [9.17, 15) is 9.90 Å². The van der Waals surface area contributed by atoms with Crippen LogP contribution in [0.25, 0.3) is 0 Å². The van der Waals surface area contributed by atoms with Crippen LogP contribution in [-0.2, 0) is 6.54 Å². The first kappa shape index (κ1) is 17.2. The number of amides is 1. The van der Waals surface area contributed by atoms with Crippen molar-refractivity contribution in [1.29, 1.82) is 5.26 Å². The van der Waals surface area contributed by atoms with E-state index in [4.69, 9.17) is 5.26 Å². The van der Waals surface area contributed by atoms with Crippen molar-refractivity contribution in [3.63, 3.8) is 0 Å². The fourth-order valence-corrected chi connectivity index (χ4v) is 3.19. The summed E-state index contributed by atoms with van der Waals surface area (Å²) in [6.45, 7) is 1.87. The number of hydrogen-bond acceptors (Lipinski definition) is 4. The van der Waals surface area contributed by atoms with Crippen LogP contribution in [0.4, 0.5) is 0 Å². The van der Waals surface area contributed by atoms with Crippen molar-refractivity contribution in [3.05, 3.63) is 71.3 Å². The fourth-order valence-electron chi connectivity index (χ4n) is 3.19. The van der Waals surface area contributed by atoms with Crippen LogP contribution in [0, 0.1) is 11.3 Å². The van der Waals surface area contributed by atoms with E-state index in [0.717, 1.165) is 6.54 Å². The highest BCUT2D eigenvalue weighted by Crippen LogP contribution is 2.20. The van der Waals surface area contributed by atoms with Crippen LogP contribution in [0.5, 0.6) is 0 Å². The molecule has 3 rings (SSSR count). The molecule has 0 aliphatic carbocycles. The van der Waals surface area contributed by atoms with Gasteiger partial charge < -0.3 is 10.4 Å². The van der Waals surface area contributed by atoms with Crippen molar-refractivity contribution in [2.45, 2.75) is 25.1 Å². The normalized spacial score (nSPS) is 20.2. The van der Waals surface area contributed by atoms with E-state index in [1.54, 1.807) is 24.3 Å². The van der Waals surface area contributed by atoms with Crippen molar-refractivity contribution in [1.82, 2.24) is 10.2 Å². The van der Waals surface area contributed by atoms with Crippen LogP contribution < -0.4 is 5.32 Å². The van der Waals surface area contributed by atoms with Gasteiger partial charge in [-0.05, 0) is 36.2 Å². The van der Waals surface area contributed by atoms with Gasteiger partial charge in [-0.1, -0.05) is 30.3 Å². The molecule has 1 saturated heterocycles. The second-order valence-corrected chi connectivity index (χ2v) is 6.36. The Balaban J connectivity index is 1.58. The van der Waals surface area contributed by atoms with E-state index in [2.05, 4.69) is 22.3 Å². The standard InChI is InChI=1S/C20H21N3O2/c21-11-15-6-8-17(9-7-15)20(25)22-12-18-10-19(24)14-23(18)13-16-4-2-1-3-5-16/h1-9,18-19,24H,10,12-14H2,(H,22,25)/t18-,19+/m0/s1. The van der Waals surface area contributed by atoms with Crippen LogP contribution in [0.2, 0.25) is 0 Å². The van der Waals surface area contributed by atoms with Gasteiger partial charge in [-0.3, -0.25) is 9.69 Å². The quantitative estimate of drug-likeness (QED) is 0.875. The fraction of sp³-hybridized carbons (Fsp3) is 0.300. The Bertz CT molecular complexity index is 753. The highest BCUT2D eigenvalue weighted by Gasteiger charge is 2.30. The summed E-state index contributed by atoms with van der Waals surface area (Å²) in [4.78, 5) is 14.5. The zero-order valence-corrected chi connectivity index (χ0v) is 13.9. The number of likely N-dealkylation sites (tertiary alicyclic amines) is 1. The summed E-state index contributed by atoms with van der Waals surface area (Å²) in [5.74, 6) is -0.162. The molecule has 1 aliphatic heterocycles. The summed E-state index contributed by atoms with van der Waals surface area (Å²) in [7, 11) is 0. The summed E-state index contributed by atoms with van der Waals surface area (Å²) in [6, 6.07) is 18.8. The van der Waals surface area contributed by atoms with Gasteiger partial charge in [0.2, 0.25) is 0 Å². The molecule has 1 aliphatic rings. The molecule has 2 aromatic rings. The number of nitrogens with one attached hydrogen (secondary N) is 1. The first-order valence-electron chi connectivity index (χ1n) is 8.40. The third-order valence-corrected chi connectivity index (χ3v) is 4.51. The molecular weight excluding hydrogens is 314 g/mol. The van der Waals surface area contributed by atoms with Crippen LogP contribution in [-0.4, -0.2) is 41.1 Å². The van der Waals surface area contributed by atoms with Gasteiger partial charge in [0.25, 0.3) is 5.91 Å². The number of benzene rings is 2. The Morgan fingerprint density at radius 1 is 1.20 bits per heavy atom. The maximum Gasteiger partial charge on any atom is 0.251 e. The molecule has 128 valence electrons. The van der Waals surface area contributed by atoms with Crippen LogP contribution in [0.15, 0.2) is 54.6 Å². The number of nitriles is 1. The molecule has 0 bridgehead atoms. The summed E-state index contributed by atoms with van der Waals surface area (Å²) >= 11 is 0. The van der Waals surface area contributed by atoms with Gasteiger partial charge in [0.1, 0.15) is 0 Å². The Kier molecular flexibility index (Phi) is 5.44. The SMILES string of the molecule is N#Cc1ccc(C(=O)NC[C@@H]2C[C@@H](O)CN2Cc2ccccc2)cc1. The lowest BCUT2D eigenvalue weighted by atomic mass is 10.1. The molecular formula is C20H21N3O2. The summed E-state index contributed by atoms with van der Waals surface area (Å²) in [5.41, 5.74) is 2.26. The smallest absolute Gasteiger partial charge is 0.251 e. The molecule has 5 heteroatoms. The molecule has 5 nitrogen and oxygen atoms in total. The molecule has 25 heavy (non-hydrogen) atoms. The zero-order valence-electron chi connectivity index (χ0n) is 13.9. The monoisotopic (exact) mass is 335 g/mol. The average molecular weight is 335 g/mol. The number of aliphatic hydroxyl groups is 1. The molecule has 0 radical (unpaired) electrons. The predicted octanol–water partition coefficient (Wildman–Crippen LogP) is 1.92. The molecule has 1 fully saturated rings. The van der Waals surface area contributed by atoms with Gasteiger partial charge in [0.15, 0.2) is 0 Å². The lowest BCUT2D eigenvalue weighted by molar-refractivity contribution is 0.0940. The highest BCUT2D eigenvalue weighted by atomic mass is 16.3. The van der Waals surface area contributed by atoms with Crippen LogP contribution in [0.1, 0.15) is 27.9 Å². The second-order valence-electron chi connectivity index (χ2n) is 6.36. The van der Waals surface area contributed by atoms with E-state index in [1.165, 1.54) is 5.56 Å². The molecule has 2 atom stereocenters. The van der Waals surface area contributed by atoms with Crippen molar-refractivity contribution in [3.8, 4) is 6.07 Å². The molecule has 2 N–H and O–H groups in total. The Morgan fingerprint density at radius 3 is 2.60 bits per heavy atom. The number of β-amino-alcohol motifs (C(OH)–C–C–N with tert-alkyl or cyclic N) is 1. The van der Waals surface area contributed by atoms with Gasteiger partial charge >= 0.3 is 0 Å². The Morgan fingerprint density at radius 2 is 1.92 bits per heavy atom. The number of rotatable bonds is 5. The first-order valence-corrected chi connectivity index (χ1v) is 8.40. The maximum atomic E-state index is 12.3. The van der Waals surface area contributed by atoms with Crippen LogP contribution >= 0.6 is 0 Å². The predicted molar refractivity (Wildman–Crippen MR) is 94.8 cm³/mol. The third-order valence-electron chi connectivity index (χ3n) is 4.51. The minimum atomic E-state index is -0.361. The van der Waals surface area contributed by atoms with E-state index in [0.29, 0.717) is 30.6 Å². The van der Waals surface area contributed by atoms with E-state index < -0.39 is 0 Å². The first-order chi connectivity index (χ1) is 12.2. The second kappa shape index (κ2) is 7.93. The molecule has 2 aromatic carbocycles. The molecule has 1 heterocycles. The Labute approximate surface area is 147 Å². The summed E-state index contributed by atoms with van der Waals surface area (Å²) < 4.78 is 0. The van der Waals surface area contributed by atoms with E-state index in [-0.39, 0.29) is 18.1 Å². The summed E-state index contributed by atoms with van der Waals surface area (Å²) in [5, 5.41) is 21.8. The van der Waals surface area contributed by atoms with Crippen molar-refractivity contribution in [2.75, 3.05) is 13.1 Å². The maximum absolute atomic E-state index is 12.3. The summed E-state index contributed by atoms with van der Waals surface area (Å²) in [6.07, 6.45) is 0.293. The number of aliphatic hydroxyl groups excluding tert-OH is 1. The molecule has 0 saturated carbocycles.